The second-order valence-electron chi connectivity index (χ2n) is 6.85. The first kappa shape index (κ1) is 18.4. The maximum Gasteiger partial charge on any atom is 0.289 e. The zero-order valence-corrected chi connectivity index (χ0v) is 15.2. The predicted molar refractivity (Wildman–Crippen MR) is 92.3 cm³/mol. The van der Waals surface area contributed by atoms with Crippen molar-refractivity contribution in [2.45, 2.75) is 19.4 Å². The summed E-state index contributed by atoms with van der Waals surface area (Å²) in [6, 6.07) is 3.29. The summed E-state index contributed by atoms with van der Waals surface area (Å²) >= 11 is 0. The summed E-state index contributed by atoms with van der Waals surface area (Å²) in [7, 11) is 1.60. The number of hydrogen-bond donors (Lipinski definition) is 0. The summed E-state index contributed by atoms with van der Waals surface area (Å²) in [6.07, 6.45) is 1.72. The van der Waals surface area contributed by atoms with Crippen LogP contribution in [0, 0.1) is 5.92 Å². The maximum atomic E-state index is 12.8. The predicted octanol–water partition coefficient (Wildman–Crippen LogP) is 0.447. The molecule has 2 atom stereocenters. The van der Waals surface area contributed by atoms with E-state index in [4.69, 9.17) is 9.15 Å². The van der Waals surface area contributed by atoms with E-state index in [1.165, 1.54) is 6.26 Å². The molecule has 8 nitrogen and oxygen atoms in total. The van der Waals surface area contributed by atoms with Crippen molar-refractivity contribution in [3.8, 4) is 0 Å². The highest BCUT2D eigenvalue weighted by Crippen LogP contribution is 2.23. The molecule has 2 fully saturated rings. The molecular formula is C18H25N3O5. The molecule has 0 N–H and O–H groups in total. The van der Waals surface area contributed by atoms with E-state index < -0.39 is 0 Å². The Morgan fingerprint density at radius 3 is 2.58 bits per heavy atom. The summed E-state index contributed by atoms with van der Waals surface area (Å²) in [5.41, 5.74) is 0. The Kier molecular flexibility index (Phi) is 5.61. The molecule has 3 heterocycles. The number of amides is 3. The first-order valence-electron chi connectivity index (χ1n) is 8.91. The smallest absolute Gasteiger partial charge is 0.289 e. The van der Waals surface area contributed by atoms with Gasteiger partial charge in [-0.05, 0) is 19.1 Å². The van der Waals surface area contributed by atoms with Gasteiger partial charge in [0.25, 0.3) is 5.91 Å². The molecule has 1 aromatic rings. The lowest BCUT2D eigenvalue weighted by Crippen LogP contribution is -2.52. The Morgan fingerprint density at radius 1 is 1.27 bits per heavy atom. The molecule has 2 aliphatic heterocycles. The van der Waals surface area contributed by atoms with Gasteiger partial charge in [-0.25, -0.2) is 0 Å². The second-order valence-corrected chi connectivity index (χ2v) is 6.85. The fourth-order valence-corrected chi connectivity index (χ4v) is 3.60. The van der Waals surface area contributed by atoms with Crippen LogP contribution in [-0.2, 0) is 14.3 Å². The number of methoxy groups -OCH3 is 1. The standard InChI is InChI=1S/C18H25N3O5/c1-13(12-25-2)21-11-14(10-16(21)22)17(23)19-5-7-20(8-6-19)18(24)15-4-3-9-26-15/h3-4,9,13-14H,5-8,10-12H2,1-2H3/t13-,14+/m0/s1. The SMILES string of the molecule is COC[C@H](C)N1C[C@H](C(=O)N2CCN(C(=O)c3ccco3)CC2)CC1=O. The van der Waals surface area contributed by atoms with Crippen molar-refractivity contribution in [3.05, 3.63) is 24.2 Å². The highest BCUT2D eigenvalue weighted by atomic mass is 16.5. The number of hydrogen-bond acceptors (Lipinski definition) is 5. The number of likely N-dealkylation sites (tertiary alicyclic amines) is 1. The minimum atomic E-state index is -0.311. The maximum absolute atomic E-state index is 12.8. The van der Waals surface area contributed by atoms with E-state index in [2.05, 4.69) is 0 Å². The van der Waals surface area contributed by atoms with Crippen LogP contribution in [0.3, 0.4) is 0 Å². The summed E-state index contributed by atoms with van der Waals surface area (Å²) in [4.78, 5) is 42.4. The molecule has 8 heteroatoms. The van der Waals surface area contributed by atoms with Crippen molar-refractivity contribution in [2.24, 2.45) is 5.92 Å². The molecule has 0 aliphatic carbocycles. The third-order valence-corrected chi connectivity index (χ3v) is 5.06. The van der Waals surface area contributed by atoms with Crippen molar-refractivity contribution >= 4 is 17.7 Å². The van der Waals surface area contributed by atoms with Crippen LogP contribution in [0.1, 0.15) is 23.9 Å². The molecule has 0 bridgehead atoms. The first-order chi connectivity index (χ1) is 12.5. The summed E-state index contributed by atoms with van der Waals surface area (Å²) in [5.74, 6) is -0.157. The highest BCUT2D eigenvalue weighted by Gasteiger charge is 2.39. The molecule has 26 heavy (non-hydrogen) atoms. The number of nitrogens with zero attached hydrogens (tertiary/aromatic N) is 3. The van der Waals surface area contributed by atoms with Crippen LogP contribution in [0.2, 0.25) is 0 Å². The summed E-state index contributed by atoms with van der Waals surface area (Å²) in [6.45, 7) is 4.71. The van der Waals surface area contributed by atoms with Crippen LogP contribution in [0.5, 0.6) is 0 Å². The molecule has 3 rings (SSSR count). The van der Waals surface area contributed by atoms with E-state index >= 15 is 0 Å². The third kappa shape index (κ3) is 3.75. The second kappa shape index (κ2) is 7.90. The van der Waals surface area contributed by atoms with Crippen molar-refractivity contribution < 1.29 is 23.5 Å². The van der Waals surface area contributed by atoms with Gasteiger partial charge < -0.3 is 23.9 Å². The van der Waals surface area contributed by atoms with Crippen molar-refractivity contribution in [2.75, 3.05) is 46.4 Å². The molecule has 0 aromatic carbocycles. The van der Waals surface area contributed by atoms with Gasteiger partial charge >= 0.3 is 0 Å². The van der Waals surface area contributed by atoms with Crippen LogP contribution in [0.4, 0.5) is 0 Å². The van der Waals surface area contributed by atoms with Crippen LogP contribution in [-0.4, -0.2) is 84.9 Å². The largest absolute Gasteiger partial charge is 0.459 e. The average molecular weight is 363 g/mol. The number of piperazine rings is 1. The van der Waals surface area contributed by atoms with Gasteiger partial charge in [0.2, 0.25) is 11.8 Å². The van der Waals surface area contributed by atoms with Gasteiger partial charge in [-0.3, -0.25) is 14.4 Å². The van der Waals surface area contributed by atoms with Gasteiger partial charge in [-0.15, -0.1) is 0 Å². The molecule has 0 saturated carbocycles. The van der Waals surface area contributed by atoms with Crippen molar-refractivity contribution in [1.82, 2.24) is 14.7 Å². The van der Waals surface area contributed by atoms with E-state index in [0.29, 0.717) is 45.1 Å². The lowest BCUT2D eigenvalue weighted by Gasteiger charge is -2.35. The van der Waals surface area contributed by atoms with Crippen LogP contribution < -0.4 is 0 Å². The molecule has 2 saturated heterocycles. The summed E-state index contributed by atoms with van der Waals surface area (Å²) in [5, 5.41) is 0. The summed E-state index contributed by atoms with van der Waals surface area (Å²) < 4.78 is 10.3. The minimum Gasteiger partial charge on any atom is -0.459 e. The van der Waals surface area contributed by atoms with Crippen molar-refractivity contribution in [1.29, 1.82) is 0 Å². The van der Waals surface area contributed by atoms with Gasteiger partial charge in [0.1, 0.15) is 0 Å². The average Bonchev–Trinajstić information content (AvgIpc) is 3.30. The van der Waals surface area contributed by atoms with Gasteiger partial charge in [0, 0.05) is 46.3 Å². The Bertz CT molecular complexity index is 652. The topological polar surface area (TPSA) is 83.3 Å². The highest BCUT2D eigenvalue weighted by molar-refractivity contribution is 5.92. The number of furan rings is 1. The fraction of sp³-hybridized carbons (Fsp3) is 0.611. The van der Waals surface area contributed by atoms with E-state index in [-0.39, 0.29) is 36.1 Å². The zero-order chi connectivity index (χ0) is 18.7. The quantitative estimate of drug-likeness (QED) is 0.758. The molecule has 3 amide bonds. The first-order valence-corrected chi connectivity index (χ1v) is 8.91. The Balaban J connectivity index is 1.52. The molecule has 2 aliphatic rings. The van der Waals surface area contributed by atoms with Gasteiger partial charge in [-0.1, -0.05) is 0 Å². The minimum absolute atomic E-state index is 0.000432. The zero-order valence-electron chi connectivity index (χ0n) is 15.2. The van der Waals surface area contributed by atoms with E-state index in [0.717, 1.165) is 0 Å². The van der Waals surface area contributed by atoms with E-state index in [1.54, 1.807) is 33.9 Å². The molecule has 142 valence electrons. The number of rotatable bonds is 5. The number of carbonyl (C=O) groups excluding carboxylic acids is 3. The van der Waals surface area contributed by atoms with Gasteiger partial charge in [0.15, 0.2) is 5.76 Å². The Morgan fingerprint density at radius 2 is 1.96 bits per heavy atom. The van der Waals surface area contributed by atoms with Gasteiger partial charge in [-0.2, -0.15) is 0 Å². The lowest BCUT2D eigenvalue weighted by atomic mass is 10.1. The molecular weight excluding hydrogens is 338 g/mol. The van der Waals surface area contributed by atoms with Crippen molar-refractivity contribution in [3.63, 3.8) is 0 Å². The Hall–Kier alpha value is -2.35. The fourth-order valence-electron chi connectivity index (χ4n) is 3.60. The monoisotopic (exact) mass is 363 g/mol. The lowest BCUT2D eigenvalue weighted by molar-refractivity contribution is -0.137. The van der Waals surface area contributed by atoms with Crippen LogP contribution in [0.25, 0.3) is 0 Å². The van der Waals surface area contributed by atoms with Gasteiger partial charge in [0.05, 0.1) is 24.8 Å². The number of ether oxygens (including phenoxy) is 1. The molecule has 0 radical (unpaired) electrons. The van der Waals surface area contributed by atoms with Crippen LogP contribution in [0.15, 0.2) is 22.8 Å². The molecule has 1 aromatic heterocycles. The van der Waals surface area contributed by atoms with E-state index in [1.807, 2.05) is 6.92 Å². The van der Waals surface area contributed by atoms with Crippen LogP contribution >= 0.6 is 0 Å². The molecule has 0 spiro atoms. The van der Waals surface area contributed by atoms with E-state index in [9.17, 15) is 14.4 Å². The Labute approximate surface area is 152 Å². The normalized spacial score (nSPS) is 22.0. The third-order valence-electron chi connectivity index (χ3n) is 5.06. The molecule has 0 unspecified atom stereocenters. The number of carbonyl (C=O) groups is 3.